The minimum absolute atomic E-state index is 0.115. The van der Waals surface area contributed by atoms with Gasteiger partial charge in [-0.2, -0.15) is 0 Å². The minimum Gasteiger partial charge on any atom is -0.486 e. The molecule has 4 aromatic rings. The molecule has 0 aliphatic carbocycles. The van der Waals surface area contributed by atoms with Gasteiger partial charge in [0.1, 0.15) is 23.4 Å². The Balaban J connectivity index is 1.34. The van der Waals surface area contributed by atoms with Crippen LogP contribution in [-0.2, 0) is 6.54 Å². The fraction of sp³-hybridized carbons (Fsp3) is 0.278. The van der Waals surface area contributed by atoms with Gasteiger partial charge in [-0.3, -0.25) is 9.69 Å². The Morgan fingerprint density at radius 1 is 1.00 bits per heavy atom. The Hall–Kier alpha value is -4.93. The van der Waals surface area contributed by atoms with Crippen molar-refractivity contribution in [3.05, 3.63) is 114 Å². The summed E-state index contributed by atoms with van der Waals surface area (Å²) in [5.41, 5.74) is 2.10. The third kappa shape index (κ3) is 8.21. The third-order valence-corrected chi connectivity index (χ3v) is 7.89. The Morgan fingerprint density at radius 3 is 2.39 bits per heavy atom. The first-order valence-electron chi connectivity index (χ1n) is 15.3. The number of halogens is 1. The maximum atomic E-state index is 13.8. The van der Waals surface area contributed by atoms with Crippen LogP contribution in [0.1, 0.15) is 29.8 Å². The monoisotopic (exact) mass is 626 g/mol. The highest BCUT2D eigenvalue weighted by Gasteiger charge is 2.34. The van der Waals surface area contributed by atoms with Gasteiger partial charge in [0.2, 0.25) is 0 Å². The Morgan fingerprint density at radius 2 is 1.70 bits per heavy atom. The largest absolute Gasteiger partial charge is 0.486 e. The van der Waals surface area contributed by atoms with Gasteiger partial charge in [0.25, 0.3) is 5.91 Å². The number of hydrogen-bond acceptors (Lipinski definition) is 6. The molecule has 0 fully saturated rings. The van der Waals surface area contributed by atoms with Crippen molar-refractivity contribution < 1.29 is 28.6 Å². The molecule has 4 aromatic carbocycles. The number of urea groups is 1. The van der Waals surface area contributed by atoms with E-state index in [0.717, 1.165) is 17.1 Å². The van der Waals surface area contributed by atoms with Crippen LogP contribution in [0.25, 0.3) is 0 Å². The molecule has 0 bridgehead atoms. The number of likely N-dealkylation sites (N-methyl/N-ethyl adjacent to an activating group) is 1. The molecule has 3 amide bonds. The number of fused-ring (bicyclic) bond motifs is 1. The molecule has 0 saturated heterocycles. The van der Waals surface area contributed by atoms with Gasteiger partial charge in [-0.05, 0) is 80.2 Å². The number of carbonyl (C=O) groups is 2. The van der Waals surface area contributed by atoms with E-state index in [1.54, 1.807) is 30.0 Å². The predicted molar refractivity (Wildman–Crippen MR) is 176 cm³/mol. The average Bonchev–Trinajstić information content (AvgIpc) is 3.05. The van der Waals surface area contributed by atoms with Gasteiger partial charge < -0.3 is 30.1 Å². The highest BCUT2D eigenvalue weighted by atomic mass is 19.1. The quantitative estimate of drug-likeness (QED) is 0.183. The number of carbonyl (C=O) groups excluding carboxylic acids is 2. The molecule has 3 N–H and O–H groups in total. The van der Waals surface area contributed by atoms with Crippen LogP contribution in [0.3, 0.4) is 0 Å². The van der Waals surface area contributed by atoms with Crippen LogP contribution in [0.15, 0.2) is 97.1 Å². The molecule has 0 radical (unpaired) electrons. The highest BCUT2D eigenvalue weighted by Crippen LogP contribution is 2.35. The molecule has 1 aliphatic rings. The molecule has 0 aromatic heterocycles. The molecule has 1 heterocycles. The normalized spacial score (nSPS) is 16.9. The number of nitrogens with one attached hydrogen (secondary N) is 2. The molecule has 0 unspecified atom stereocenters. The van der Waals surface area contributed by atoms with E-state index in [4.69, 9.17) is 9.47 Å². The van der Waals surface area contributed by atoms with E-state index in [-0.39, 0.29) is 35.8 Å². The van der Waals surface area contributed by atoms with Crippen molar-refractivity contribution in [1.29, 1.82) is 0 Å². The van der Waals surface area contributed by atoms with E-state index in [1.807, 2.05) is 68.6 Å². The van der Waals surface area contributed by atoms with Crippen LogP contribution in [-0.4, -0.2) is 65.7 Å². The lowest BCUT2D eigenvalue weighted by atomic mass is 9.99. The summed E-state index contributed by atoms with van der Waals surface area (Å²) in [5, 5.41) is 15.5. The van der Waals surface area contributed by atoms with Gasteiger partial charge in [-0.1, -0.05) is 43.3 Å². The van der Waals surface area contributed by atoms with Gasteiger partial charge in [0.15, 0.2) is 5.75 Å². The molecule has 9 nitrogen and oxygen atoms in total. The smallest absolute Gasteiger partial charge is 0.323 e. The summed E-state index contributed by atoms with van der Waals surface area (Å²) in [6.45, 7) is 5.17. The number of ether oxygens (including phenoxy) is 2. The summed E-state index contributed by atoms with van der Waals surface area (Å²) < 4.78 is 25.9. The highest BCUT2D eigenvalue weighted by molar-refractivity contribution is 6.04. The number of anilines is 2. The SMILES string of the molecule is C[C@@H]1CN([C@H](C)CO)C(=O)c2cccc(NC(=O)Nc3ccc(F)cc3)c2O[C@H]1CN(C)Cc1ccc(Oc2ccccc2)cc1. The molecule has 3 atom stereocenters. The zero-order valence-electron chi connectivity index (χ0n) is 26.2. The fourth-order valence-electron chi connectivity index (χ4n) is 5.35. The summed E-state index contributed by atoms with van der Waals surface area (Å²) in [6, 6.07) is 27.0. The molecule has 240 valence electrons. The van der Waals surface area contributed by atoms with Gasteiger partial charge in [0.05, 0.1) is 23.9 Å². The van der Waals surface area contributed by atoms with E-state index in [1.165, 1.54) is 24.3 Å². The summed E-state index contributed by atoms with van der Waals surface area (Å²) in [7, 11) is 2.00. The van der Waals surface area contributed by atoms with Crippen LogP contribution in [0.2, 0.25) is 0 Å². The van der Waals surface area contributed by atoms with Gasteiger partial charge in [-0.15, -0.1) is 0 Å². The van der Waals surface area contributed by atoms with E-state index in [2.05, 4.69) is 15.5 Å². The van der Waals surface area contributed by atoms with Gasteiger partial charge >= 0.3 is 6.03 Å². The second-order valence-corrected chi connectivity index (χ2v) is 11.6. The molecular formula is C36H39FN4O5. The van der Waals surface area contributed by atoms with E-state index in [9.17, 15) is 19.1 Å². The van der Waals surface area contributed by atoms with E-state index < -0.39 is 17.9 Å². The summed E-state index contributed by atoms with van der Waals surface area (Å²) in [4.78, 5) is 30.5. The van der Waals surface area contributed by atoms with Crippen molar-refractivity contribution in [2.45, 2.75) is 32.5 Å². The van der Waals surface area contributed by atoms with E-state index >= 15 is 0 Å². The van der Waals surface area contributed by atoms with Crippen LogP contribution < -0.4 is 20.1 Å². The number of aliphatic hydroxyl groups excluding tert-OH is 1. The second-order valence-electron chi connectivity index (χ2n) is 11.6. The lowest BCUT2D eigenvalue weighted by Gasteiger charge is -2.38. The number of para-hydroxylation sites is 2. The van der Waals surface area contributed by atoms with Crippen LogP contribution >= 0.6 is 0 Å². The lowest BCUT2D eigenvalue weighted by Crippen LogP contribution is -2.49. The number of nitrogens with zero attached hydrogens (tertiary/aromatic N) is 2. The number of benzene rings is 4. The van der Waals surface area contributed by atoms with Crippen molar-refractivity contribution in [3.8, 4) is 17.2 Å². The predicted octanol–water partition coefficient (Wildman–Crippen LogP) is 6.61. The molecule has 0 saturated carbocycles. The Kier molecular flexibility index (Phi) is 10.5. The minimum atomic E-state index is -0.569. The number of rotatable bonds is 10. The molecule has 0 spiro atoms. The topological polar surface area (TPSA) is 103 Å². The van der Waals surface area contributed by atoms with Crippen molar-refractivity contribution >= 4 is 23.3 Å². The Labute approximate surface area is 268 Å². The van der Waals surface area contributed by atoms with Crippen molar-refractivity contribution in [2.75, 3.05) is 37.4 Å². The number of hydrogen-bond donors (Lipinski definition) is 3. The van der Waals surface area contributed by atoms with Crippen LogP contribution in [0.5, 0.6) is 17.2 Å². The van der Waals surface area contributed by atoms with Gasteiger partial charge in [-0.25, -0.2) is 9.18 Å². The van der Waals surface area contributed by atoms with E-state index in [0.29, 0.717) is 31.0 Å². The zero-order chi connectivity index (χ0) is 32.6. The molecule has 46 heavy (non-hydrogen) atoms. The molecule has 10 heteroatoms. The zero-order valence-corrected chi connectivity index (χ0v) is 26.2. The summed E-state index contributed by atoms with van der Waals surface area (Å²) >= 11 is 0. The van der Waals surface area contributed by atoms with Crippen molar-refractivity contribution in [1.82, 2.24) is 9.80 Å². The van der Waals surface area contributed by atoms with Gasteiger partial charge in [0, 0.05) is 31.2 Å². The molecule has 5 rings (SSSR count). The number of aliphatic hydroxyl groups is 1. The first-order chi connectivity index (χ1) is 22.2. The first kappa shape index (κ1) is 32.5. The number of amides is 3. The standard InChI is InChI=1S/C36H39FN4O5/c1-24-20-41(25(2)23-42)35(43)31-10-7-11-32(39-36(44)38-28-16-14-27(37)15-17-28)34(31)46-33(24)22-40(3)21-26-12-18-30(19-13-26)45-29-8-5-4-6-9-29/h4-19,24-25,33,42H,20-23H2,1-3H3,(H2,38,39,44)/t24-,25-,33+/m1/s1. The van der Waals surface area contributed by atoms with Crippen LogP contribution in [0, 0.1) is 11.7 Å². The molecule has 1 aliphatic heterocycles. The summed E-state index contributed by atoms with van der Waals surface area (Å²) in [6.07, 6.45) is -0.367. The third-order valence-electron chi connectivity index (χ3n) is 7.89. The average molecular weight is 627 g/mol. The lowest BCUT2D eigenvalue weighted by molar-refractivity contribution is 0.0343. The molecular weight excluding hydrogens is 587 g/mol. The van der Waals surface area contributed by atoms with Crippen molar-refractivity contribution in [2.24, 2.45) is 5.92 Å². The second kappa shape index (κ2) is 14.9. The Bertz CT molecular complexity index is 1620. The van der Waals surface area contributed by atoms with Crippen LogP contribution in [0.4, 0.5) is 20.6 Å². The maximum absolute atomic E-state index is 13.8. The maximum Gasteiger partial charge on any atom is 0.323 e. The summed E-state index contributed by atoms with van der Waals surface area (Å²) in [5.74, 6) is 0.949. The fourth-order valence-corrected chi connectivity index (χ4v) is 5.35. The first-order valence-corrected chi connectivity index (χ1v) is 15.3. The van der Waals surface area contributed by atoms with Crippen molar-refractivity contribution in [3.63, 3.8) is 0 Å².